The van der Waals surface area contributed by atoms with Crippen molar-refractivity contribution in [3.05, 3.63) is 41.2 Å². The number of halogens is 1. The summed E-state index contributed by atoms with van der Waals surface area (Å²) in [5, 5.41) is 10.2. The predicted molar refractivity (Wildman–Crippen MR) is 94.9 cm³/mol. The Morgan fingerprint density at radius 3 is 2.88 bits per heavy atom. The Morgan fingerprint density at radius 2 is 2.17 bits per heavy atom. The van der Waals surface area contributed by atoms with Gasteiger partial charge < -0.3 is 9.52 Å². The van der Waals surface area contributed by atoms with Crippen LogP contribution in [-0.4, -0.2) is 58.2 Å². The van der Waals surface area contributed by atoms with Crippen LogP contribution in [0.1, 0.15) is 19.5 Å². The van der Waals surface area contributed by atoms with Crippen molar-refractivity contribution < 1.29 is 9.52 Å². The van der Waals surface area contributed by atoms with Gasteiger partial charge in [-0.25, -0.2) is 4.98 Å². The minimum Gasteiger partial charge on any atom is -0.444 e. The van der Waals surface area contributed by atoms with Crippen LogP contribution in [0.2, 0.25) is 5.02 Å². The second-order valence-corrected chi connectivity index (χ2v) is 6.96. The van der Waals surface area contributed by atoms with Crippen LogP contribution in [0.3, 0.4) is 0 Å². The molecule has 0 spiro atoms. The Balaban J connectivity index is 1.61. The van der Waals surface area contributed by atoms with E-state index >= 15 is 0 Å². The zero-order valence-corrected chi connectivity index (χ0v) is 14.9. The lowest BCUT2D eigenvalue weighted by Gasteiger charge is -2.40. The first-order valence-electron chi connectivity index (χ1n) is 8.36. The summed E-state index contributed by atoms with van der Waals surface area (Å²) in [5.74, 6) is 0.566. The van der Waals surface area contributed by atoms with Gasteiger partial charge >= 0.3 is 0 Å². The van der Waals surface area contributed by atoms with Gasteiger partial charge in [0, 0.05) is 38.8 Å². The number of β-amino-alcohol motifs (C(OH)–C–C–N with tert-alkyl or cyclic N) is 1. The van der Waals surface area contributed by atoms with Crippen molar-refractivity contribution in [1.82, 2.24) is 14.8 Å². The lowest BCUT2D eigenvalue weighted by Crippen LogP contribution is -2.53. The van der Waals surface area contributed by atoms with Crippen LogP contribution in [0.4, 0.5) is 0 Å². The SMILES string of the molecule is C[C@H](O)CN1CCN(Cc2coc(-c3ccccc3Cl)n2)C[C@H]1C. The number of aliphatic hydroxyl groups is 1. The number of aliphatic hydroxyl groups excluding tert-OH is 1. The van der Waals surface area contributed by atoms with Crippen molar-refractivity contribution >= 4 is 11.6 Å². The first-order valence-corrected chi connectivity index (χ1v) is 8.74. The molecule has 6 heteroatoms. The molecule has 1 aromatic heterocycles. The van der Waals surface area contributed by atoms with Gasteiger partial charge in [0.05, 0.1) is 22.4 Å². The minimum absolute atomic E-state index is 0.285. The molecule has 0 saturated carbocycles. The van der Waals surface area contributed by atoms with E-state index < -0.39 is 0 Å². The first kappa shape index (κ1) is 17.4. The van der Waals surface area contributed by atoms with E-state index in [1.807, 2.05) is 31.2 Å². The van der Waals surface area contributed by atoms with Crippen LogP contribution in [0.25, 0.3) is 11.5 Å². The van der Waals surface area contributed by atoms with Crippen molar-refractivity contribution in [2.45, 2.75) is 32.5 Å². The highest BCUT2D eigenvalue weighted by molar-refractivity contribution is 6.33. The first-order chi connectivity index (χ1) is 11.5. The van der Waals surface area contributed by atoms with Crippen molar-refractivity contribution in [2.24, 2.45) is 0 Å². The molecule has 1 aliphatic rings. The quantitative estimate of drug-likeness (QED) is 0.899. The predicted octanol–water partition coefficient (Wildman–Crippen LogP) is 2.88. The molecule has 3 rings (SSSR count). The molecule has 5 nitrogen and oxygen atoms in total. The minimum atomic E-state index is -0.285. The van der Waals surface area contributed by atoms with Gasteiger partial charge in [0.2, 0.25) is 5.89 Å². The molecule has 0 amide bonds. The Labute approximate surface area is 147 Å². The Kier molecular flexibility index (Phi) is 5.56. The number of oxazole rings is 1. The molecule has 1 saturated heterocycles. The van der Waals surface area contributed by atoms with E-state index in [0.717, 1.165) is 44.0 Å². The van der Waals surface area contributed by atoms with E-state index in [9.17, 15) is 5.11 Å². The van der Waals surface area contributed by atoms with Gasteiger partial charge in [0.15, 0.2) is 0 Å². The average Bonchev–Trinajstić information content (AvgIpc) is 2.98. The highest BCUT2D eigenvalue weighted by Crippen LogP contribution is 2.27. The summed E-state index contributed by atoms with van der Waals surface area (Å²) in [6, 6.07) is 7.99. The lowest BCUT2D eigenvalue weighted by atomic mass is 10.1. The Morgan fingerprint density at radius 1 is 1.38 bits per heavy atom. The number of rotatable bonds is 5. The van der Waals surface area contributed by atoms with E-state index in [1.165, 1.54) is 0 Å². The molecule has 0 aliphatic carbocycles. The Bertz CT molecular complexity index is 674. The molecule has 0 unspecified atom stereocenters. The molecule has 1 aromatic carbocycles. The summed E-state index contributed by atoms with van der Waals surface area (Å²) in [6.07, 6.45) is 1.43. The van der Waals surface area contributed by atoms with Crippen LogP contribution >= 0.6 is 11.6 Å². The third-order valence-corrected chi connectivity index (χ3v) is 4.72. The maximum absolute atomic E-state index is 9.57. The highest BCUT2D eigenvalue weighted by atomic mass is 35.5. The van der Waals surface area contributed by atoms with Crippen molar-refractivity contribution in [2.75, 3.05) is 26.2 Å². The topological polar surface area (TPSA) is 52.7 Å². The highest BCUT2D eigenvalue weighted by Gasteiger charge is 2.25. The summed E-state index contributed by atoms with van der Waals surface area (Å²) in [5.41, 5.74) is 1.74. The van der Waals surface area contributed by atoms with Gasteiger partial charge in [0.1, 0.15) is 6.26 Å². The molecule has 2 atom stereocenters. The number of aromatic nitrogens is 1. The van der Waals surface area contributed by atoms with Crippen molar-refractivity contribution in [1.29, 1.82) is 0 Å². The fourth-order valence-electron chi connectivity index (χ4n) is 3.19. The fraction of sp³-hybridized carbons (Fsp3) is 0.500. The number of benzene rings is 1. The molecule has 1 aliphatic heterocycles. The lowest BCUT2D eigenvalue weighted by molar-refractivity contribution is 0.0418. The Hall–Kier alpha value is -1.40. The van der Waals surface area contributed by atoms with Gasteiger partial charge in [-0.2, -0.15) is 0 Å². The molecule has 0 radical (unpaired) electrons. The summed E-state index contributed by atoms with van der Waals surface area (Å²) in [4.78, 5) is 9.29. The summed E-state index contributed by atoms with van der Waals surface area (Å²) in [7, 11) is 0. The molecule has 2 heterocycles. The van der Waals surface area contributed by atoms with Crippen molar-refractivity contribution in [3.63, 3.8) is 0 Å². The van der Waals surface area contributed by atoms with Gasteiger partial charge in [-0.1, -0.05) is 23.7 Å². The second kappa shape index (κ2) is 7.66. The van der Waals surface area contributed by atoms with Crippen LogP contribution < -0.4 is 0 Å². The standard InChI is InChI=1S/C18H24ClN3O2/c1-13-9-21(7-8-22(13)10-14(2)23)11-15-12-24-18(20-15)16-5-3-4-6-17(16)19/h3-6,12-14,23H,7-11H2,1-2H3/t13-,14+/m1/s1. The van der Waals surface area contributed by atoms with E-state index in [-0.39, 0.29) is 6.10 Å². The summed E-state index contributed by atoms with van der Waals surface area (Å²) in [6.45, 7) is 8.42. The third-order valence-electron chi connectivity index (χ3n) is 4.39. The average molecular weight is 350 g/mol. The van der Waals surface area contributed by atoms with E-state index in [0.29, 0.717) is 17.0 Å². The number of hydrogen-bond acceptors (Lipinski definition) is 5. The second-order valence-electron chi connectivity index (χ2n) is 6.55. The van der Waals surface area contributed by atoms with Gasteiger partial charge in [-0.15, -0.1) is 0 Å². The molecule has 1 N–H and O–H groups in total. The van der Waals surface area contributed by atoms with E-state index in [1.54, 1.807) is 6.26 Å². The van der Waals surface area contributed by atoms with Gasteiger partial charge in [-0.3, -0.25) is 9.80 Å². The molecular weight excluding hydrogens is 326 g/mol. The largest absolute Gasteiger partial charge is 0.444 e. The maximum atomic E-state index is 9.57. The number of nitrogens with zero attached hydrogens (tertiary/aromatic N) is 3. The maximum Gasteiger partial charge on any atom is 0.227 e. The number of hydrogen-bond donors (Lipinski definition) is 1. The molecular formula is C18H24ClN3O2. The van der Waals surface area contributed by atoms with Gasteiger partial charge in [0.25, 0.3) is 0 Å². The van der Waals surface area contributed by atoms with Crippen LogP contribution in [0, 0.1) is 0 Å². The molecule has 130 valence electrons. The molecule has 0 bridgehead atoms. The van der Waals surface area contributed by atoms with E-state index in [2.05, 4.69) is 21.7 Å². The molecule has 1 fully saturated rings. The van der Waals surface area contributed by atoms with Crippen LogP contribution in [0.5, 0.6) is 0 Å². The summed E-state index contributed by atoms with van der Waals surface area (Å²) < 4.78 is 5.61. The number of piperazine rings is 1. The normalized spacial score (nSPS) is 21.1. The third kappa shape index (κ3) is 4.16. The summed E-state index contributed by atoms with van der Waals surface area (Å²) >= 11 is 6.20. The smallest absolute Gasteiger partial charge is 0.227 e. The van der Waals surface area contributed by atoms with E-state index in [4.69, 9.17) is 16.0 Å². The van der Waals surface area contributed by atoms with Crippen LogP contribution in [-0.2, 0) is 6.54 Å². The zero-order valence-electron chi connectivity index (χ0n) is 14.2. The monoisotopic (exact) mass is 349 g/mol. The van der Waals surface area contributed by atoms with Gasteiger partial charge in [-0.05, 0) is 26.0 Å². The van der Waals surface area contributed by atoms with Crippen molar-refractivity contribution in [3.8, 4) is 11.5 Å². The zero-order chi connectivity index (χ0) is 17.1. The van der Waals surface area contributed by atoms with Crippen LogP contribution in [0.15, 0.2) is 34.9 Å². The molecule has 2 aromatic rings. The fourth-order valence-corrected chi connectivity index (χ4v) is 3.41. The molecule has 24 heavy (non-hydrogen) atoms.